The number of carbonyl (C=O) groups excluding carboxylic acids is 1. The van der Waals surface area contributed by atoms with Crippen LogP contribution in [-0.2, 0) is 0 Å². The lowest BCUT2D eigenvalue weighted by Gasteiger charge is -2.08. The van der Waals surface area contributed by atoms with Crippen LogP contribution in [0.1, 0.15) is 130 Å². The fraction of sp³-hybridized carbons (Fsp3) is 0.586. The van der Waals surface area contributed by atoms with Crippen LogP contribution in [0.15, 0.2) is 36.4 Å². The Morgan fingerprint density at radius 2 is 1.03 bits per heavy atom. The van der Waals surface area contributed by atoms with Crippen molar-refractivity contribution in [3.63, 3.8) is 0 Å². The molecule has 0 aromatic heterocycles. The normalized spacial score (nSPS) is 11.2. The third-order valence-electron chi connectivity index (χ3n) is 6.42. The molecule has 0 fully saturated rings. The molecule has 3 nitrogen and oxygen atoms in total. The number of benzene rings is 2. The minimum Gasteiger partial charge on any atom is -0.478 e. The van der Waals surface area contributed by atoms with Crippen LogP contribution in [0.3, 0.4) is 0 Å². The Bertz CT molecular complexity index is 824. The topological polar surface area (TPSA) is 54.4 Å². The molecule has 0 unspecified atom stereocenters. The molecule has 0 radical (unpaired) electrons. The Labute approximate surface area is 194 Å². The van der Waals surface area contributed by atoms with E-state index in [1.807, 2.05) is 24.3 Å². The fourth-order valence-electron chi connectivity index (χ4n) is 4.44. The second-order valence-corrected chi connectivity index (χ2v) is 9.17. The van der Waals surface area contributed by atoms with Crippen LogP contribution in [0.2, 0.25) is 0 Å². The molecule has 3 heteroatoms. The molecular weight excluding hydrogens is 396 g/mol. The maximum absolute atomic E-state index is 12.7. The molecule has 0 aliphatic rings. The van der Waals surface area contributed by atoms with E-state index in [1.54, 1.807) is 12.1 Å². The molecule has 0 heterocycles. The van der Waals surface area contributed by atoms with Crippen molar-refractivity contribution >= 4 is 22.5 Å². The molecule has 0 spiro atoms. The Hall–Kier alpha value is -2.16. The third kappa shape index (κ3) is 9.54. The molecule has 0 saturated heterocycles. The number of aromatic carboxylic acids is 1. The molecule has 0 aliphatic carbocycles. The summed E-state index contributed by atoms with van der Waals surface area (Å²) >= 11 is 0. The highest BCUT2D eigenvalue weighted by Crippen LogP contribution is 2.22. The van der Waals surface area contributed by atoms with E-state index in [-0.39, 0.29) is 11.3 Å². The van der Waals surface area contributed by atoms with E-state index in [0.29, 0.717) is 12.0 Å². The first-order valence-electron chi connectivity index (χ1n) is 12.9. The Balaban J connectivity index is 1.56. The summed E-state index contributed by atoms with van der Waals surface area (Å²) < 4.78 is 0. The van der Waals surface area contributed by atoms with Gasteiger partial charge in [0.2, 0.25) is 0 Å². The van der Waals surface area contributed by atoms with Crippen molar-refractivity contribution in [2.24, 2.45) is 0 Å². The van der Waals surface area contributed by atoms with E-state index in [2.05, 4.69) is 6.92 Å². The van der Waals surface area contributed by atoms with Gasteiger partial charge >= 0.3 is 5.97 Å². The number of carbonyl (C=O) groups is 2. The first-order valence-corrected chi connectivity index (χ1v) is 12.9. The highest BCUT2D eigenvalue weighted by atomic mass is 16.4. The number of fused-ring (bicyclic) bond motifs is 1. The maximum Gasteiger partial charge on any atom is 0.336 e. The Morgan fingerprint density at radius 3 is 1.47 bits per heavy atom. The molecule has 2 aromatic carbocycles. The molecule has 0 aliphatic heterocycles. The molecule has 176 valence electrons. The fourth-order valence-corrected chi connectivity index (χ4v) is 4.44. The first-order chi connectivity index (χ1) is 15.6. The molecule has 0 bridgehead atoms. The first kappa shape index (κ1) is 26.1. The average molecular weight is 439 g/mol. The number of unbranched alkanes of at least 4 members (excludes halogenated alkanes) is 14. The van der Waals surface area contributed by atoms with Gasteiger partial charge in [-0.3, -0.25) is 4.79 Å². The molecule has 2 aromatic rings. The molecule has 0 amide bonds. The van der Waals surface area contributed by atoms with E-state index in [4.69, 9.17) is 0 Å². The van der Waals surface area contributed by atoms with E-state index in [0.717, 1.165) is 30.0 Å². The number of rotatable bonds is 18. The molecule has 2 rings (SSSR count). The van der Waals surface area contributed by atoms with Gasteiger partial charge in [0.1, 0.15) is 0 Å². The molecule has 0 saturated carbocycles. The molecule has 1 N–H and O–H groups in total. The zero-order valence-corrected chi connectivity index (χ0v) is 20.0. The van der Waals surface area contributed by atoms with Crippen molar-refractivity contribution in [2.45, 2.75) is 110 Å². The van der Waals surface area contributed by atoms with Gasteiger partial charge in [0.25, 0.3) is 0 Å². The summed E-state index contributed by atoms with van der Waals surface area (Å²) in [5, 5.41) is 11.3. The monoisotopic (exact) mass is 438 g/mol. The van der Waals surface area contributed by atoms with Crippen LogP contribution in [0.25, 0.3) is 10.8 Å². The van der Waals surface area contributed by atoms with Crippen molar-refractivity contribution in [2.75, 3.05) is 0 Å². The molecule has 0 atom stereocenters. The third-order valence-corrected chi connectivity index (χ3v) is 6.42. The largest absolute Gasteiger partial charge is 0.478 e. The van der Waals surface area contributed by atoms with Crippen LogP contribution in [0.5, 0.6) is 0 Å². The van der Waals surface area contributed by atoms with Gasteiger partial charge in [-0.1, -0.05) is 121 Å². The van der Waals surface area contributed by atoms with Crippen molar-refractivity contribution in [1.82, 2.24) is 0 Å². The summed E-state index contributed by atoms with van der Waals surface area (Å²) in [5.74, 6) is -1.08. The zero-order chi connectivity index (χ0) is 23.0. The van der Waals surface area contributed by atoms with E-state index >= 15 is 0 Å². The number of carboxylic acid groups (broad SMARTS) is 1. The smallest absolute Gasteiger partial charge is 0.336 e. The van der Waals surface area contributed by atoms with E-state index in [9.17, 15) is 14.7 Å². The maximum atomic E-state index is 12.7. The second-order valence-electron chi connectivity index (χ2n) is 9.17. The van der Waals surface area contributed by atoms with Crippen molar-refractivity contribution in [1.29, 1.82) is 0 Å². The lowest BCUT2D eigenvalue weighted by atomic mass is 9.95. The summed E-state index contributed by atoms with van der Waals surface area (Å²) in [7, 11) is 0. The van der Waals surface area contributed by atoms with Gasteiger partial charge < -0.3 is 5.11 Å². The van der Waals surface area contributed by atoms with Gasteiger partial charge in [-0.2, -0.15) is 0 Å². The predicted molar refractivity (Wildman–Crippen MR) is 135 cm³/mol. The average Bonchev–Trinajstić information content (AvgIpc) is 2.80. The number of carboxylic acids is 1. The van der Waals surface area contributed by atoms with Gasteiger partial charge in [-0.15, -0.1) is 0 Å². The van der Waals surface area contributed by atoms with Gasteiger partial charge in [0, 0.05) is 12.0 Å². The quantitative estimate of drug-likeness (QED) is 0.187. The van der Waals surface area contributed by atoms with Gasteiger partial charge in [0.05, 0.1) is 5.56 Å². The highest BCUT2D eigenvalue weighted by molar-refractivity contribution is 6.09. The summed E-state index contributed by atoms with van der Waals surface area (Å²) in [6, 6.07) is 11.0. The Morgan fingerprint density at radius 1 is 0.625 bits per heavy atom. The predicted octanol–water partition coefficient (Wildman–Crippen LogP) is 8.98. The number of Topliss-reactive ketones (excluding diaryl/α,β-unsaturated/α-hetero) is 1. The summed E-state index contributed by atoms with van der Waals surface area (Å²) in [6.45, 7) is 2.27. The zero-order valence-electron chi connectivity index (χ0n) is 20.0. The van der Waals surface area contributed by atoms with Crippen molar-refractivity contribution in [3.8, 4) is 0 Å². The summed E-state index contributed by atoms with van der Waals surface area (Å²) in [6.07, 6.45) is 19.8. The SMILES string of the molecule is CCCCCCCCCCCCCCCCCC(=O)c1cc2ccccc2cc1C(=O)O. The van der Waals surface area contributed by atoms with Gasteiger partial charge in [-0.05, 0) is 29.3 Å². The van der Waals surface area contributed by atoms with Crippen LogP contribution >= 0.6 is 0 Å². The highest BCUT2D eigenvalue weighted by Gasteiger charge is 2.17. The van der Waals surface area contributed by atoms with Crippen LogP contribution < -0.4 is 0 Å². The van der Waals surface area contributed by atoms with Crippen molar-refractivity contribution < 1.29 is 14.7 Å². The molecule has 32 heavy (non-hydrogen) atoms. The minimum atomic E-state index is -1.03. The molecular formula is C29H42O3. The van der Waals surface area contributed by atoms with Crippen LogP contribution in [-0.4, -0.2) is 16.9 Å². The number of ketones is 1. The number of hydrogen-bond acceptors (Lipinski definition) is 2. The van der Waals surface area contributed by atoms with E-state index in [1.165, 1.54) is 77.0 Å². The summed E-state index contributed by atoms with van der Waals surface area (Å²) in [4.78, 5) is 24.3. The van der Waals surface area contributed by atoms with Crippen LogP contribution in [0, 0.1) is 0 Å². The number of hydrogen-bond donors (Lipinski definition) is 1. The van der Waals surface area contributed by atoms with Gasteiger partial charge in [0.15, 0.2) is 5.78 Å². The lowest BCUT2D eigenvalue weighted by molar-refractivity contribution is 0.0692. The van der Waals surface area contributed by atoms with Gasteiger partial charge in [-0.25, -0.2) is 4.79 Å². The lowest BCUT2D eigenvalue weighted by Crippen LogP contribution is -2.09. The standard InChI is InChI=1S/C29H42O3/c1-2-3-4-5-6-7-8-9-10-11-12-13-14-15-16-21-28(30)26-22-24-19-17-18-20-25(24)23-27(26)29(31)32/h17-20,22-23H,2-16,21H2,1H3,(H,31,32). The summed E-state index contributed by atoms with van der Waals surface area (Å²) in [5.41, 5.74) is 0.469. The van der Waals surface area contributed by atoms with Crippen LogP contribution in [0.4, 0.5) is 0 Å². The van der Waals surface area contributed by atoms with Crippen molar-refractivity contribution in [3.05, 3.63) is 47.5 Å². The second kappa shape index (κ2) is 15.6. The van der Waals surface area contributed by atoms with E-state index < -0.39 is 5.97 Å². The Kier molecular flexibility index (Phi) is 12.7. The minimum absolute atomic E-state index is 0.0529.